The van der Waals surface area contributed by atoms with Gasteiger partial charge >= 0.3 is 0 Å². The van der Waals surface area contributed by atoms with Crippen molar-refractivity contribution in [1.82, 2.24) is 0 Å². The second kappa shape index (κ2) is 6.83. The number of carbonyl (C=O) groups excluding carboxylic acids is 3. The van der Waals surface area contributed by atoms with Gasteiger partial charge in [-0.3, -0.25) is 14.4 Å². The Kier molecular flexibility index (Phi) is 7.04. The highest BCUT2D eigenvalue weighted by atomic mass is 16.3. The van der Waals surface area contributed by atoms with Crippen molar-refractivity contribution in [2.75, 3.05) is 0 Å². The minimum atomic E-state index is -1.67. The minimum Gasteiger partial charge on any atom is -0.297 e. The van der Waals surface area contributed by atoms with Crippen molar-refractivity contribution < 1.29 is 14.4 Å². The molecule has 0 aliphatic rings. The maximum absolute atomic E-state index is 10.6. The van der Waals surface area contributed by atoms with E-state index in [4.69, 9.17) is 0 Å². The number of ketones is 3. The molecular weight excluding hydrogens is 240 g/mol. The first-order valence-electron chi connectivity index (χ1n) is 5.17. The van der Waals surface area contributed by atoms with Crippen LogP contribution in [-0.2, 0) is 14.4 Å². The predicted molar refractivity (Wildman–Crippen MR) is 66.1 cm³/mol. The molecule has 18 heavy (non-hydrogen) atoms. The number of Topliss-reactive ketones (excluding diaryl/α,β-unsaturated/α-hetero) is 3. The Balaban J connectivity index is 0. The van der Waals surface area contributed by atoms with Crippen molar-refractivity contribution in [3.8, 4) is 0 Å². The summed E-state index contributed by atoms with van der Waals surface area (Å²) in [5.41, 5.74) is -2.69. The van der Waals surface area contributed by atoms with Crippen LogP contribution < -0.4 is 0 Å². The largest absolute Gasteiger partial charge is 0.297 e. The molecule has 0 saturated heterocycles. The maximum atomic E-state index is 10.6. The van der Waals surface area contributed by atoms with Gasteiger partial charge in [0.05, 0.1) is 0 Å². The van der Waals surface area contributed by atoms with Gasteiger partial charge in [0.15, 0.2) is 22.9 Å². The standard InChI is InChI=1S/C6H9NO3.C5H9NO2/c1-4(8)6(3,7-10)5(2)9;1-4(7)5(2,3)6-8/h1-3H3;1-3H3. The monoisotopic (exact) mass is 258 g/mol. The molecule has 0 aliphatic heterocycles. The lowest BCUT2D eigenvalue weighted by Crippen LogP contribution is -2.38. The molecule has 0 spiro atoms. The van der Waals surface area contributed by atoms with Gasteiger partial charge in [0.25, 0.3) is 0 Å². The van der Waals surface area contributed by atoms with E-state index >= 15 is 0 Å². The molecule has 0 aromatic carbocycles. The third kappa shape index (κ3) is 5.03. The van der Waals surface area contributed by atoms with Crippen molar-refractivity contribution in [3.63, 3.8) is 0 Å². The fourth-order valence-electron chi connectivity index (χ4n) is 0.441. The van der Waals surface area contributed by atoms with Crippen molar-refractivity contribution in [1.29, 1.82) is 0 Å². The lowest BCUT2D eigenvalue weighted by atomic mass is 9.94. The highest BCUT2D eigenvalue weighted by molar-refractivity contribution is 6.09. The molecule has 0 N–H and O–H groups in total. The summed E-state index contributed by atoms with van der Waals surface area (Å²) in [6.45, 7) is 7.88. The van der Waals surface area contributed by atoms with Crippen molar-refractivity contribution in [2.45, 2.75) is 52.6 Å². The van der Waals surface area contributed by atoms with Crippen molar-refractivity contribution >= 4 is 17.3 Å². The predicted octanol–water partition coefficient (Wildman–Crippen LogP) is 1.81. The van der Waals surface area contributed by atoms with Crippen molar-refractivity contribution in [3.05, 3.63) is 9.81 Å². The zero-order valence-electron chi connectivity index (χ0n) is 11.4. The van der Waals surface area contributed by atoms with E-state index in [-0.39, 0.29) is 5.78 Å². The van der Waals surface area contributed by atoms with E-state index in [2.05, 4.69) is 10.4 Å². The third-order valence-electron chi connectivity index (χ3n) is 2.64. The fourth-order valence-corrected chi connectivity index (χ4v) is 0.441. The summed E-state index contributed by atoms with van der Waals surface area (Å²) >= 11 is 0. The average molecular weight is 258 g/mol. The normalized spacial score (nSPS) is 10.8. The maximum Gasteiger partial charge on any atom is 0.214 e. The molecule has 0 rings (SSSR count). The highest BCUT2D eigenvalue weighted by Crippen LogP contribution is 2.11. The van der Waals surface area contributed by atoms with E-state index < -0.39 is 22.6 Å². The molecule has 0 amide bonds. The summed E-state index contributed by atoms with van der Waals surface area (Å²) in [5.74, 6) is -1.24. The molecule has 0 radical (unpaired) electrons. The van der Waals surface area contributed by atoms with Gasteiger partial charge in [-0.25, -0.2) is 0 Å². The number of hydrogen-bond acceptors (Lipinski definition) is 7. The Labute approximate surface area is 105 Å². The Morgan fingerprint density at radius 2 is 1.06 bits per heavy atom. The quantitative estimate of drug-likeness (QED) is 0.551. The van der Waals surface area contributed by atoms with Crippen LogP contribution in [0.2, 0.25) is 0 Å². The van der Waals surface area contributed by atoms with Crippen LogP contribution in [0.4, 0.5) is 0 Å². The molecule has 0 heterocycles. The average Bonchev–Trinajstić information content (AvgIpc) is 2.27. The molecule has 0 saturated carbocycles. The van der Waals surface area contributed by atoms with E-state index in [1.54, 1.807) is 0 Å². The Hall–Kier alpha value is -1.79. The van der Waals surface area contributed by atoms with Gasteiger partial charge in [-0.1, -0.05) is 5.18 Å². The van der Waals surface area contributed by atoms with Crippen LogP contribution in [0.1, 0.15) is 41.5 Å². The van der Waals surface area contributed by atoms with Gasteiger partial charge in [0.1, 0.15) is 0 Å². The van der Waals surface area contributed by atoms with E-state index in [0.29, 0.717) is 0 Å². The van der Waals surface area contributed by atoms with Crippen LogP contribution >= 0.6 is 0 Å². The van der Waals surface area contributed by atoms with Crippen LogP contribution in [0.15, 0.2) is 10.4 Å². The summed E-state index contributed by atoms with van der Waals surface area (Å²) in [7, 11) is 0. The van der Waals surface area contributed by atoms with Crippen LogP contribution in [0.3, 0.4) is 0 Å². The van der Waals surface area contributed by atoms with Crippen molar-refractivity contribution in [2.24, 2.45) is 10.4 Å². The summed E-state index contributed by atoms with van der Waals surface area (Å²) in [4.78, 5) is 51.5. The molecule has 7 heteroatoms. The van der Waals surface area contributed by atoms with E-state index in [1.165, 1.54) is 41.5 Å². The van der Waals surface area contributed by atoms with Gasteiger partial charge in [-0.15, -0.1) is 9.81 Å². The van der Waals surface area contributed by atoms with E-state index in [0.717, 1.165) is 0 Å². The Bertz CT molecular complexity index is 360. The van der Waals surface area contributed by atoms with Crippen LogP contribution in [0.5, 0.6) is 0 Å². The molecule has 0 aliphatic carbocycles. The van der Waals surface area contributed by atoms with Gasteiger partial charge in [-0.05, 0) is 46.7 Å². The summed E-state index contributed by atoms with van der Waals surface area (Å²) in [6.07, 6.45) is 0. The molecule has 7 nitrogen and oxygen atoms in total. The van der Waals surface area contributed by atoms with Gasteiger partial charge < -0.3 is 0 Å². The smallest absolute Gasteiger partial charge is 0.214 e. The molecular formula is C11H18N2O5. The molecule has 0 aromatic rings. The lowest BCUT2D eigenvalue weighted by molar-refractivity contribution is -0.131. The van der Waals surface area contributed by atoms with Crippen LogP contribution in [0, 0.1) is 9.81 Å². The lowest BCUT2D eigenvalue weighted by Gasteiger charge is -2.11. The number of carbonyl (C=O) groups is 3. The van der Waals surface area contributed by atoms with Crippen LogP contribution in [-0.4, -0.2) is 28.4 Å². The number of hydrogen-bond donors (Lipinski definition) is 0. The summed E-state index contributed by atoms with van der Waals surface area (Å²) in [6, 6.07) is 0. The van der Waals surface area contributed by atoms with Crippen LogP contribution in [0.25, 0.3) is 0 Å². The first kappa shape index (κ1) is 18.6. The molecule has 0 aromatic heterocycles. The fraction of sp³-hybridized carbons (Fsp3) is 0.727. The molecule has 0 bridgehead atoms. The first-order valence-corrected chi connectivity index (χ1v) is 5.17. The molecule has 0 fully saturated rings. The first-order chi connectivity index (χ1) is 7.95. The minimum absolute atomic E-state index is 0.201. The van der Waals surface area contributed by atoms with Gasteiger partial charge in [-0.2, -0.15) is 0 Å². The Morgan fingerprint density at radius 3 is 1.06 bits per heavy atom. The topological polar surface area (TPSA) is 110 Å². The van der Waals surface area contributed by atoms with Gasteiger partial charge in [0.2, 0.25) is 5.54 Å². The van der Waals surface area contributed by atoms with Gasteiger partial charge in [0, 0.05) is 0 Å². The molecule has 0 atom stereocenters. The second-order valence-corrected chi connectivity index (χ2v) is 4.48. The SMILES string of the molecule is CC(=O)C(C)(C)N=O.CC(=O)C(C)(N=O)C(C)=O. The summed E-state index contributed by atoms with van der Waals surface area (Å²) in [5, 5.41) is 5.09. The summed E-state index contributed by atoms with van der Waals surface area (Å²) < 4.78 is 0. The molecule has 102 valence electrons. The zero-order valence-corrected chi connectivity index (χ0v) is 11.4. The molecule has 0 unspecified atom stereocenters. The third-order valence-corrected chi connectivity index (χ3v) is 2.64. The number of rotatable bonds is 5. The zero-order chi connectivity index (χ0) is 15.1. The highest BCUT2D eigenvalue weighted by Gasteiger charge is 2.36. The number of nitroso groups, excluding NO2 is 2. The van der Waals surface area contributed by atoms with E-state index in [1.807, 2.05) is 0 Å². The second-order valence-electron chi connectivity index (χ2n) is 4.48. The number of nitrogens with zero attached hydrogens (tertiary/aromatic N) is 2. The Morgan fingerprint density at radius 1 is 0.722 bits per heavy atom. The van der Waals surface area contributed by atoms with E-state index in [9.17, 15) is 24.2 Å².